The van der Waals surface area contributed by atoms with Crippen molar-refractivity contribution < 1.29 is 9.53 Å². The third kappa shape index (κ3) is 3.11. The van der Waals surface area contributed by atoms with Crippen molar-refractivity contribution >= 4 is 11.6 Å². The summed E-state index contributed by atoms with van der Waals surface area (Å²) in [6, 6.07) is 16.0. The van der Waals surface area contributed by atoms with Crippen molar-refractivity contribution in [3.05, 3.63) is 65.2 Å². The molecule has 23 heavy (non-hydrogen) atoms. The molecule has 2 aromatic carbocycles. The zero-order chi connectivity index (χ0) is 16.4. The molecule has 0 unspecified atom stereocenters. The van der Waals surface area contributed by atoms with Crippen molar-refractivity contribution in [1.82, 2.24) is 5.01 Å². The summed E-state index contributed by atoms with van der Waals surface area (Å²) in [5, 5.41) is 6.15. The van der Waals surface area contributed by atoms with Crippen LogP contribution in [-0.2, 0) is 4.79 Å². The van der Waals surface area contributed by atoms with Gasteiger partial charge >= 0.3 is 0 Å². The molecule has 0 aromatic heterocycles. The number of carbonyl (C=O) groups excluding carboxylic acids is 1. The molecule has 4 heteroatoms. The van der Waals surface area contributed by atoms with E-state index in [9.17, 15) is 4.79 Å². The largest absolute Gasteiger partial charge is 0.497 e. The number of hydrazone groups is 1. The number of aryl methyl sites for hydroxylation is 1. The molecular formula is C19H20N2O2. The number of ether oxygens (including phenoxy) is 1. The van der Waals surface area contributed by atoms with Crippen LogP contribution in [0.25, 0.3) is 0 Å². The van der Waals surface area contributed by atoms with Gasteiger partial charge in [0, 0.05) is 18.9 Å². The van der Waals surface area contributed by atoms with Gasteiger partial charge in [-0.15, -0.1) is 0 Å². The molecule has 0 fully saturated rings. The molecule has 1 amide bonds. The summed E-state index contributed by atoms with van der Waals surface area (Å²) in [4.78, 5) is 12.0. The number of rotatable bonds is 3. The smallest absolute Gasteiger partial charge is 0.240 e. The van der Waals surface area contributed by atoms with E-state index in [0.717, 1.165) is 22.6 Å². The molecule has 0 radical (unpaired) electrons. The summed E-state index contributed by atoms with van der Waals surface area (Å²) in [5.41, 5.74) is 4.19. The predicted molar refractivity (Wildman–Crippen MR) is 90.6 cm³/mol. The van der Waals surface area contributed by atoms with Gasteiger partial charge in [0.05, 0.1) is 18.9 Å². The molecule has 1 atom stereocenters. The quantitative estimate of drug-likeness (QED) is 0.867. The molecule has 0 aliphatic carbocycles. The van der Waals surface area contributed by atoms with Crippen molar-refractivity contribution in [3.63, 3.8) is 0 Å². The molecule has 0 bridgehead atoms. The third-order valence-electron chi connectivity index (χ3n) is 4.06. The molecule has 3 rings (SSSR count). The Morgan fingerprint density at radius 3 is 2.70 bits per heavy atom. The van der Waals surface area contributed by atoms with Crippen molar-refractivity contribution in [2.24, 2.45) is 5.10 Å². The fraction of sp³-hybridized carbons (Fsp3) is 0.263. The lowest BCUT2D eigenvalue weighted by Crippen LogP contribution is -2.24. The van der Waals surface area contributed by atoms with E-state index in [1.807, 2.05) is 30.3 Å². The summed E-state index contributed by atoms with van der Waals surface area (Å²) < 4.78 is 5.28. The van der Waals surface area contributed by atoms with Crippen LogP contribution in [0.15, 0.2) is 53.6 Å². The van der Waals surface area contributed by atoms with Crippen molar-refractivity contribution in [1.29, 1.82) is 0 Å². The van der Waals surface area contributed by atoms with Gasteiger partial charge in [-0.25, -0.2) is 5.01 Å². The van der Waals surface area contributed by atoms with Crippen molar-refractivity contribution in [2.75, 3.05) is 7.11 Å². The van der Waals surface area contributed by atoms with Crippen LogP contribution in [-0.4, -0.2) is 23.7 Å². The van der Waals surface area contributed by atoms with Crippen molar-refractivity contribution in [2.45, 2.75) is 26.3 Å². The van der Waals surface area contributed by atoms with Crippen molar-refractivity contribution in [3.8, 4) is 5.75 Å². The first-order chi connectivity index (χ1) is 11.1. The third-order valence-corrected chi connectivity index (χ3v) is 4.06. The predicted octanol–water partition coefficient (Wildman–Crippen LogP) is 3.70. The van der Waals surface area contributed by atoms with Gasteiger partial charge in [0.1, 0.15) is 5.75 Å². The van der Waals surface area contributed by atoms with E-state index >= 15 is 0 Å². The highest BCUT2D eigenvalue weighted by atomic mass is 16.5. The highest BCUT2D eigenvalue weighted by molar-refractivity contribution is 6.03. The molecular weight excluding hydrogens is 288 g/mol. The van der Waals surface area contributed by atoms with Crippen LogP contribution in [0.4, 0.5) is 0 Å². The molecule has 0 saturated carbocycles. The van der Waals surface area contributed by atoms with Gasteiger partial charge in [0.2, 0.25) is 5.91 Å². The van der Waals surface area contributed by atoms with Crippen LogP contribution in [0, 0.1) is 6.92 Å². The number of nitrogens with zero attached hydrogens (tertiary/aromatic N) is 2. The van der Waals surface area contributed by atoms with E-state index in [-0.39, 0.29) is 11.9 Å². The first-order valence-corrected chi connectivity index (χ1v) is 7.67. The summed E-state index contributed by atoms with van der Waals surface area (Å²) in [7, 11) is 1.65. The van der Waals surface area contributed by atoms with Crippen LogP contribution in [0.1, 0.15) is 36.1 Å². The summed E-state index contributed by atoms with van der Waals surface area (Å²) in [6.07, 6.45) is 0.705. The minimum atomic E-state index is -0.0476. The Balaban J connectivity index is 1.95. The fourth-order valence-electron chi connectivity index (χ4n) is 2.91. The molecule has 1 aliphatic rings. The zero-order valence-electron chi connectivity index (χ0n) is 13.6. The Kier molecular flexibility index (Phi) is 4.15. The van der Waals surface area contributed by atoms with Gasteiger partial charge in [-0.2, -0.15) is 5.10 Å². The van der Waals surface area contributed by atoms with Crippen LogP contribution >= 0.6 is 0 Å². The lowest BCUT2D eigenvalue weighted by atomic mass is 9.97. The number of hydrogen-bond donors (Lipinski definition) is 0. The summed E-state index contributed by atoms with van der Waals surface area (Å²) in [5.74, 6) is 0.744. The zero-order valence-corrected chi connectivity index (χ0v) is 13.6. The maximum absolute atomic E-state index is 12.0. The summed E-state index contributed by atoms with van der Waals surface area (Å²) in [6.45, 7) is 3.61. The number of carbonyl (C=O) groups is 1. The van der Waals surface area contributed by atoms with Gasteiger partial charge < -0.3 is 4.74 Å². The van der Waals surface area contributed by atoms with Gasteiger partial charge in [0.15, 0.2) is 0 Å². The first kappa shape index (κ1) is 15.3. The van der Waals surface area contributed by atoms with Crippen LogP contribution < -0.4 is 4.74 Å². The molecule has 0 spiro atoms. The minimum absolute atomic E-state index is 0.0468. The van der Waals surface area contributed by atoms with Gasteiger partial charge in [0.25, 0.3) is 0 Å². The Bertz CT molecular complexity index is 767. The van der Waals surface area contributed by atoms with E-state index in [4.69, 9.17) is 4.74 Å². The molecule has 1 aliphatic heterocycles. The van der Waals surface area contributed by atoms with Crippen LogP contribution in [0.2, 0.25) is 0 Å². The first-order valence-electron chi connectivity index (χ1n) is 7.67. The summed E-state index contributed by atoms with van der Waals surface area (Å²) >= 11 is 0. The Labute approximate surface area is 136 Å². The Hall–Kier alpha value is -2.62. The second kappa shape index (κ2) is 6.24. The number of methoxy groups -OCH3 is 1. The lowest BCUT2D eigenvalue weighted by Gasteiger charge is -2.20. The lowest BCUT2D eigenvalue weighted by molar-refractivity contribution is -0.130. The van der Waals surface area contributed by atoms with E-state index in [0.29, 0.717) is 6.42 Å². The highest BCUT2D eigenvalue weighted by Gasteiger charge is 2.31. The molecule has 2 aromatic rings. The standard InChI is InChI=1S/C19H20N2O2/c1-13-6-4-8-16(10-13)19-12-18(20-21(19)14(2)22)15-7-5-9-17(11-15)23-3/h4-11,19H,12H2,1-3H3/t19-/m1/s1. The molecule has 0 saturated heterocycles. The number of amides is 1. The SMILES string of the molecule is COc1cccc(C2=NN(C(C)=O)[C@@H](c3cccc(C)c3)C2)c1. The molecule has 4 nitrogen and oxygen atoms in total. The fourth-order valence-corrected chi connectivity index (χ4v) is 2.91. The molecule has 1 heterocycles. The average molecular weight is 308 g/mol. The maximum Gasteiger partial charge on any atom is 0.240 e. The van der Waals surface area contributed by atoms with Gasteiger partial charge in [-0.3, -0.25) is 4.79 Å². The molecule has 118 valence electrons. The number of benzene rings is 2. The van der Waals surface area contributed by atoms with Crippen LogP contribution in [0.5, 0.6) is 5.75 Å². The van der Waals surface area contributed by atoms with Crippen LogP contribution in [0.3, 0.4) is 0 Å². The Morgan fingerprint density at radius 2 is 2.00 bits per heavy atom. The van der Waals surface area contributed by atoms with E-state index in [1.54, 1.807) is 19.0 Å². The van der Waals surface area contributed by atoms with Gasteiger partial charge in [-0.1, -0.05) is 42.0 Å². The minimum Gasteiger partial charge on any atom is -0.497 e. The second-order valence-electron chi connectivity index (χ2n) is 5.78. The monoisotopic (exact) mass is 308 g/mol. The normalized spacial score (nSPS) is 17.1. The van der Waals surface area contributed by atoms with E-state index < -0.39 is 0 Å². The number of hydrogen-bond acceptors (Lipinski definition) is 3. The second-order valence-corrected chi connectivity index (χ2v) is 5.78. The average Bonchev–Trinajstić information content (AvgIpc) is 3.00. The maximum atomic E-state index is 12.0. The van der Waals surface area contributed by atoms with E-state index in [1.165, 1.54) is 5.56 Å². The molecule has 0 N–H and O–H groups in total. The topological polar surface area (TPSA) is 41.9 Å². The van der Waals surface area contributed by atoms with E-state index in [2.05, 4.69) is 30.2 Å². The van der Waals surface area contributed by atoms with Gasteiger partial charge in [-0.05, 0) is 24.6 Å². The Morgan fingerprint density at radius 1 is 1.22 bits per heavy atom. The highest BCUT2D eigenvalue weighted by Crippen LogP contribution is 2.33.